The minimum absolute atomic E-state index is 0.0924. The summed E-state index contributed by atoms with van der Waals surface area (Å²) in [7, 11) is 1.41. The minimum atomic E-state index is -4.45. The molecule has 0 spiro atoms. The molecule has 0 fully saturated rings. The van der Waals surface area contributed by atoms with Gasteiger partial charge in [-0.2, -0.15) is 18.3 Å². The average Bonchev–Trinajstić information content (AvgIpc) is 2.77. The second kappa shape index (κ2) is 4.08. The van der Waals surface area contributed by atoms with Gasteiger partial charge in [-0.25, -0.2) is 0 Å². The fourth-order valence-electron chi connectivity index (χ4n) is 1.34. The maximum absolute atomic E-state index is 12.4. The number of pyridine rings is 1. The highest BCUT2D eigenvalue weighted by molar-refractivity contribution is 5.62. The van der Waals surface area contributed by atoms with Crippen LogP contribution in [0.2, 0.25) is 0 Å². The molecule has 0 radical (unpaired) electrons. The zero-order chi connectivity index (χ0) is 12.5. The Kier molecular flexibility index (Phi) is 2.74. The first-order chi connectivity index (χ1) is 8.02. The molecule has 0 saturated heterocycles. The first-order valence-electron chi connectivity index (χ1n) is 4.64. The Bertz CT molecular complexity index is 522. The van der Waals surface area contributed by atoms with Crippen molar-refractivity contribution >= 4 is 0 Å². The van der Waals surface area contributed by atoms with Crippen LogP contribution in [0.25, 0.3) is 11.4 Å². The topological polar surface area (TPSA) is 50.8 Å². The molecule has 90 valence electrons. The molecule has 2 aromatic rings. The molecule has 0 amide bonds. The number of hydrogen-bond acceptors (Lipinski definition) is 3. The van der Waals surface area contributed by atoms with Crippen LogP contribution in [0.15, 0.2) is 24.4 Å². The molecule has 2 rings (SSSR count). The van der Waals surface area contributed by atoms with Gasteiger partial charge in [0, 0.05) is 6.20 Å². The van der Waals surface area contributed by atoms with Gasteiger partial charge in [0.2, 0.25) is 0 Å². The van der Waals surface area contributed by atoms with Crippen molar-refractivity contribution in [1.82, 2.24) is 15.2 Å². The molecule has 1 N–H and O–H groups in total. The number of H-pyrrole nitrogens is 1. The van der Waals surface area contributed by atoms with Crippen molar-refractivity contribution in [3.8, 4) is 17.1 Å². The molecule has 0 aliphatic heterocycles. The number of aromatic amines is 1. The third-order valence-electron chi connectivity index (χ3n) is 2.12. The van der Waals surface area contributed by atoms with Gasteiger partial charge < -0.3 is 4.74 Å². The maximum Gasteiger partial charge on any atom is 0.432 e. The van der Waals surface area contributed by atoms with E-state index in [4.69, 9.17) is 4.74 Å². The summed E-state index contributed by atoms with van der Waals surface area (Å²) in [6.07, 6.45) is -2.99. The van der Waals surface area contributed by atoms with E-state index in [0.717, 1.165) is 6.07 Å². The molecule has 7 heteroatoms. The summed E-state index contributed by atoms with van der Waals surface area (Å²) in [4.78, 5) is 3.94. The number of hydrogen-bond donors (Lipinski definition) is 1. The van der Waals surface area contributed by atoms with Gasteiger partial charge in [-0.1, -0.05) is 0 Å². The fourth-order valence-corrected chi connectivity index (χ4v) is 1.34. The van der Waals surface area contributed by atoms with E-state index in [1.807, 2.05) is 5.10 Å². The standard InChI is InChI=1S/C10H8F3N3O/c1-17-7-3-2-4-14-9(7)6-5-8(16-15-6)10(11,12)13/h2-5H,1H3,(H,15,16). The molecular formula is C10H8F3N3O. The second-order valence-corrected chi connectivity index (χ2v) is 3.22. The van der Waals surface area contributed by atoms with Gasteiger partial charge in [-0.05, 0) is 18.2 Å². The van der Waals surface area contributed by atoms with Gasteiger partial charge in [-0.15, -0.1) is 0 Å². The van der Waals surface area contributed by atoms with E-state index >= 15 is 0 Å². The molecular weight excluding hydrogens is 235 g/mol. The molecule has 4 nitrogen and oxygen atoms in total. The van der Waals surface area contributed by atoms with E-state index in [1.165, 1.54) is 13.3 Å². The van der Waals surface area contributed by atoms with Crippen LogP contribution >= 0.6 is 0 Å². The largest absolute Gasteiger partial charge is 0.494 e. The number of nitrogens with one attached hydrogen (secondary N) is 1. The summed E-state index contributed by atoms with van der Waals surface area (Å²) in [6, 6.07) is 4.12. The zero-order valence-corrected chi connectivity index (χ0v) is 8.75. The lowest BCUT2D eigenvalue weighted by Gasteiger charge is -2.03. The van der Waals surface area contributed by atoms with Gasteiger partial charge in [0.15, 0.2) is 0 Å². The predicted molar refractivity (Wildman–Crippen MR) is 53.4 cm³/mol. The molecule has 0 atom stereocenters. The lowest BCUT2D eigenvalue weighted by Crippen LogP contribution is -2.04. The van der Waals surface area contributed by atoms with Crippen LogP contribution in [0, 0.1) is 0 Å². The Balaban J connectivity index is 2.44. The highest BCUT2D eigenvalue weighted by Gasteiger charge is 2.33. The predicted octanol–water partition coefficient (Wildman–Crippen LogP) is 2.50. The summed E-state index contributed by atoms with van der Waals surface area (Å²) >= 11 is 0. The highest BCUT2D eigenvalue weighted by atomic mass is 19.4. The Labute approximate surface area is 94.4 Å². The third kappa shape index (κ3) is 2.22. The fraction of sp³-hybridized carbons (Fsp3) is 0.200. The maximum atomic E-state index is 12.4. The molecule has 17 heavy (non-hydrogen) atoms. The molecule has 0 aliphatic rings. The van der Waals surface area contributed by atoms with Crippen LogP contribution < -0.4 is 4.74 Å². The van der Waals surface area contributed by atoms with Crippen molar-refractivity contribution < 1.29 is 17.9 Å². The van der Waals surface area contributed by atoms with Gasteiger partial charge in [0.1, 0.15) is 22.8 Å². The van der Waals surface area contributed by atoms with Crippen molar-refractivity contribution in [3.05, 3.63) is 30.1 Å². The summed E-state index contributed by atoms with van der Waals surface area (Å²) in [5.41, 5.74) is -0.559. The number of ether oxygens (including phenoxy) is 1. The van der Waals surface area contributed by atoms with Crippen LogP contribution in [0.5, 0.6) is 5.75 Å². The summed E-state index contributed by atoms with van der Waals surface area (Å²) < 4.78 is 42.1. The lowest BCUT2D eigenvalue weighted by atomic mass is 10.2. The van der Waals surface area contributed by atoms with E-state index < -0.39 is 11.9 Å². The average molecular weight is 243 g/mol. The van der Waals surface area contributed by atoms with Crippen molar-refractivity contribution in [2.45, 2.75) is 6.18 Å². The second-order valence-electron chi connectivity index (χ2n) is 3.22. The lowest BCUT2D eigenvalue weighted by molar-refractivity contribution is -0.141. The minimum Gasteiger partial charge on any atom is -0.494 e. The van der Waals surface area contributed by atoms with Gasteiger partial charge >= 0.3 is 6.18 Å². The number of halogens is 3. The monoisotopic (exact) mass is 243 g/mol. The molecule has 0 saturated carbocycles. The van der Waals surface area contributed by atoms with Crippen LogP contribution in [0.4, 0.5) is 13.2 Å². The van der Waals surface area contributed by atoms with E-state index in [2.05, 4.69) is 10.1 Å². The highest BCUT2D eigenvalue weighted by Crippen LogP contribution is 2.32. The van der Waals surface area contributed by atoms with Crippen LogP contribution in [0.3, 0.4) is 0 Å². The number of alkyl halides is 3. The van der Waals surface area contributed by atoms with E-state index in [-0.39, 0.29) is 11.4 Å². The van der Waals surface area contributed by atoms with E-state index in [1.54, 1.807) is 12.1 Å². The van der Waals surface area contributed by atoms with Crippen LogP contribution in [0.1, 0.15) is 5.69 Å². The number of nitrogens with zero attached hydrogens (tertiary/aromatic N) is 2. The first kappa shape index (κ1) is 11.4. The molecule has 0 aliphatic carbocycles. The van der Waals surface area contributed by atoms with Crippen molar-refractivity contribution in [1.29, 1.82) is 0 Å². The SMILES string of the molecule is COc1cccnc1-c1cc(C(F)(F)F)[nH]n1. The third-order valence-corrected chi connectivity index (χ3v) is 2.12. The van der Waals surface area contributed by atoms with Gasteiger partial charge in [0.05, 0.1) is 7.11 Å². The van der Waals surface area contributed by atoms with Gasteiger partial charge in [0.25, 0.3) is 0 Å². The Morgan fingerprint density at radius 2 is 2.12 bits per heavy atom. The molecule has 2 aromatic heterocycles. The van der Waals surface area contributed by atoms with Crippen molar-refractivity contribution in [2.75, 3.05) is 7.11 Å². The first-order valence-corrected chi connectivity index (χ1v) is 4.64. The van der Waals surface area contributed by atoms with E-state index in [0.29, 0.717) is 5.75 Å². The molecule has 0 bridgehead atoms. The summed E-state index contributed by atoms with van der Waals surface area (Å²) in [6.45, 7) is 0. The number of aromatic nitrogens is 3. The Morgan fingerprint density at radius 3 is 2.71 bits per heavy atom. The van der Waals surface area contributed by atoms with E-state index in [9.17, 15) is 13.2 Å². The Morgan fingerprint density at radius 1 is 1.35 bits per heavy atom. The smallest absolute Gasteiger partial charge is 0.432 e. The van der Waals surface area contributed by atoms with Crippen LogP contribution in [-0.2, 0) is 6.18 Å². The summed E-state index contributed by atoms with van der Waals surface area (Å²) in [5, 5.41) is 5.50. The normalized spacial score (nSPS) is 11.5. The van der Waals surface area contributed by atoms with Crippen molar-refractivity contribution in [2.24, 2.45) is 0 Å². The Hall–Kier alpha value is -2.05. The quantitative estimate of drug-likeness (QED) is 0.881. The zero-order valence-electron chi connectivity index (χ0n) is 8.75. The van der Waals surface area contributed by atoms with Gasteiger partial charge in [-0.3, -0.25) is 10.1 Å². The van der Waals surface area contributed by atoms with Crippen molar-refractivity contribution in [3.63, 3.8) is 0 Å². The number of rotatable bonds is 2. The number of methoxy groups -OCH3 is 1. The molecule has 0 aromatic carbocycles. The van der Waals surface area contributed by atoms with Crippen LogP contribution in [-0.4, -0.2) is 22.3 Å². The summed E-state index contributed by atoms with van der Waals surface area (Å²) in [5.74, 6) is 0.368. The molecule has 2 heterocycles. The molecule has 0 unspecified atom stereocenters.